The Balaban J connectivity index is 1.78. The normalized spacial score (nSPS) is 16.6. The number of carbonyl (C=O) groups is 2. The molecule has 0 fully saturated rings. The molecule has 2 heterocycles. The average molecular weight is 404 g/mol. The average Bonchev–Trinajstić information content (AvgIpc) is 3.33. The van der Waals surface area contributed by atoms with Gasteiger partial charge in [0.25, 0.3) is 5.91 Å². The topological polar surface area (TPSA) is 57.6 Å². The molecule has 1 N–H and O–H groups in total. The van der Waals surface area contributed by atoms with E-state index in [1.54, 1.807) is 17.0 Å². The van der Waals surface area contributed by atoms with E-state index < -0.39 is 17.7 Å². The Hall–Kier alpha value is -3.18. The molecule has 1 atom stereocenters. The maximum Gasteiger partial charge on any atom is 0.290 e. The first-order valence-electron chi connectivity index (χ1n) is 9.40. The van der Waals surface area contributed by atoms with E-state index in [2.05, 4.69) is 0 Å². The maximum atomic E-state index is 13.2. The number of hydrogen-bond donors (Lipinski definition) is 1. The van der Waals surface area contributed by atoms with Crippen molar-refractivity contribution in [3.8, 4) is 0 Å². The Morgan fingerprint density at radius 2 is 1.62 bits per heavy atom. The highest BCUT2D eigenvalue weighted by Gasteiger charge is 2.43. The summed E-state index contributed by atoms with van der Waals surface area (Å²) in [4.78, 5) is 28.2. The SMILES string of the molecule is Cc1ccc(CN2C(=O)C(O)=C(C(=O)c3cccs3)[C@@H]2c2ccc(C)cc2)cc1. The molecule has 4 nitrogen and oxygen atoms in total. The minimum absolute atomic E-state index is 0.147. The molecule has 4 rings (SSSR count). The number of amides is 1. The summed E-state index contributed by atoms with van der Waals surface area (Å²) in [7, 11) is 0. The molecule has 3 aromatic rings. The number of Topliss-reactive ketones (excluding diaryl/α,β-unsaturated/α-hetero) is 1. The van der Waals surface area contributed by atoms with Crippen molar-refractivity contribution >= 4 is 23.0 Å². The molecule has 0 aliphatic carbocycles. The van der Waals surface area contributed by atoms with Crippen LogP contribution in [0, 0.1) is 13.8 Å². The summed E-state index contributed by atoms with van der Waals surface area (Å²) in [6, 6.07) is 18.5. The van der Waals surface area contributed by atoms with E-state index in [-0.39, 0.29) is 11.4 Å². The molecular formula is C24H21NO3S. The van der Waals surface area contributed by atoms with Crippen LogP contribution in [-0.2, 0) is 11.3 Å². The van der Waals surface area contributed by atoms with Crippen molar-refractivity contribution in [3.63, 3.8) is 0 Å². The van der Waals surface area contributed by atoms with Crippen LogP contribution in [0.3, 0.4) is 0 Å². The van der Waals surface area contributed by atoms with Crippen LogP contribution in [0.2, 0.25) is 0 Å². The molecule has 1 aliphatic heterocycles. The summed E-state index contributed by atoms with van der Waals surface area (Å²) in [5.41, 5.74) is 4.11. The summed E-state index contributed by atoms with van der Waals surface area (Å²) in [5.74, 6) is -1.28. The Labute approximate surface area is 173 Å². The van der Waals surface area contributed by atoms with Gasteiger partial charge in [0.1, 0.15) is 0 Å². The number of aliphatic hydroxyl groups excluding tert-OH is 1. The van der Waals surface area contributed by atoms with Gasteiger partial charge < -0.3 is 10.0 Å². The Bertz CT molecular complexity index is 1080. The van der Waals surface area contributed by atoms with Gasteiger partial charge in [-0.05, 0) is 36.4 Å². The summed E-state index contributed by atoms with van der Waals surface area (Å²) >= 11 is 1.30. The van der Waals surface area contributed by atoms with Crippen LogP contribution in [0.15, 0.2) is 77.4 Å². The summed E-state index contributed by atoms with van der Waals surface area (Å²) in [5, 5.41) is 12.5. The van der Waals surface area contributed by atoms with Gasteiger partial charge in [-0.15, -0.1) is 11.3 Å². The maximum absolute atomic E-state index is 13.2. The molecule has 5 heteroatoms. The predicted octanol–water partition coefficient (Wildman–Crippen LogP) is 5.14. The zero-order valence-corrected chi connectivity index (χ0v) is 17.1. The molecule has 0 spiro atoms. The van der Waals surface area contributed by atoms with Crippen molar-refractivity contribution in [1.29, 1.82) is 0 Å². The first-order valence-corrected chi connectivity index (χ1v) is 10.3. The lowest BCUT2D eigenvalue weighted by Gasteiger charge is -2.27. The zero-order chi connectivity index (χ0) is 20.5. The number of aliphatic hydroxyl groups is 1. The van der Waals surface area contributed by atoms with Gasteiger partial charge in [0.15, 0.2) is 5.76 Å². The second-order valence-corrected chi connectivity index (χ2v) is 8.25. The minimum Gasteiger partial charge on any atom is -0.503 e. The van der Waals surface area contributed by atoms with Gasteiger partial charge in [-0.2, -0.15) is 0 Å². The van der Waals surface area contributed by atoms with E-state index in [4.69, 9.17) is 0 Å². The van der Waals surface area contributed by atoms with Gasteiger partial charge >= 0.3 is 0 Å². The van der Waals surface area contributed by atoms with Crippen molar-refractivity contribution in [1.82, 2.24) is 4.90 Å². The smallest absolute Gasteiger partial charge is 0.290 e. The van der Waals surface area contributed by atoms with Gasteiger partial charge in [0.05, 0.1) is 16.5 Å². The molecule has 0 radical (unpaired) electrons. The number of carbonyl (C=O) groups excluding carboxylic acids is 2. The van der Waals surface area contributed by atoms with Crippen LogP contribution in [0.5, 0.6) is 0 Å². The lowest BCUT2D eigenvalue weighted by Crippen LogP contribution is -2.30. The van der Waals surface area contributed by atoms with E-state index in [9.17, 15) is 14.7 Å². The fourth-order valence-corrected chi connectivity index (χ4v) is 4.25. The molecule has 0 saturated heterocycles. The third-order valence-corrected chi connectivity index (χ3v) is 6.03. The number of ketones is 1. The molecular weight excluding hydrogens is 382 g/mol. The van der Waals surface area contributed by atoms with Gasteiger partial charge in [-0.3, -0.25) is 9.59 Å². The van der Waals surface area contributed by atoms with Crippen molar-refractivity contribution in [2.24, 2.45) is 0 Å². The Morgan fingerprint density at radius 1 is 1.00 bits per heavy atom. The molecule has 1 aliphatic rings. The van der Waals surface area contributed by atoms with Crippen LogP contribution in [-0.4, -0.2) is 21.7 Å². The number of hydrogen-bond acceptors (Lipinski definition) is 4. The number of benzene rings is 2. The van der Waals surface area contributed by atoms with Gasteiger partial charge in [-0.25, -0.2) is 0 Å². The summed E-state index contributed by atoms with van der Waals surface area (Å²) in [6.07, 6.45) is 0. The van der Waals surface area contributed by atoms with E-state index in [0.29, 0.717) is 11.4 Å². The molecule has 0 unspecified atom stereocenters. The van der Waals surface area contributed by atoms with Crippen molar-refractivity contribution in [2.45, 2.75) is 26.4 Å². The summed E-state index contributed by atoms with van der Waals surface area (Å²) in [6.45, 7) is 4.30. The van der Waals surface area contributed by atoms with E-state index >= 15 is 0 Å². The molecule has 29 heavy (non-hydrogen) atoms. The quantitative estimate of drug-likeness (QED) is 0.600. The van der Waals surface area contributed by atoms with E-state index in [1.165, 1.54) is 11.3 Å². The summed E-state index contributed by atoms with van der Waals surface area (Å²) < 4.78 is 0. The number of nitrogens with zero attached hydrogens (tertiary/aromatic N) is 1. The van der Waals surface area contributed by atoms with Crippen molar-refractivity contribution in [3.05, 3.63) is 105 Å². The van der Waals surface area contributed by atoms with Crippen molar-refractivity contribution < 1.29 is 14.7 Å². The third kappa shape index (κ3) is 3.61. The lowest BCUT2D eigenvalue weighted by molar-refractivity contribution is -0.130. The highest BCUT2D eigenvalue weighted by Crippen LogP contribution is 2.40. The molecule has 1 amide bonds. The van der Waals surface area contributed by atoms with Crippen LogP contribution in [0.4, 0.5) is 0 Å². The second kappa shape index (κ2) is 7.68. The van der Waals surface area contributed by atoms with Gasteiger partial charge in [-0.1, -0.05) is 65.7 Å². The highest BCUT2D eigenvalue weighted by atomic mass is 32.1. The molecule has 1 aromatic heterocycles. The van der Waals surface area contributed by atoms with Gasteiger partial charge in [0.2, 0.25) is 5.78 Å². The zero-order valence-electron chi connectivity index (χ0n) is 16.3. The molecule has 146 valence electrons. The van der Waals surface area contributed by atoms with Crippen LogP contribution < -0.4 is 0 Å². The van der Waals surface area contributed by atoms with Crippen LogP contribution in [0.1, 0.15) is 38.0 Å². The standard InChI is InChI=1S/C24H21NO3S/c1-15-5-9-17(10-6-15)14-25-21(18-11-7-16(2)8-12-18)20(23(27)24(25)28)22(26)19-4-3-13-29-19/h3-13,21,27H,14H2,1-2H3/t21-/m0/s1. The molecule has 0 saturated carbocycles. The van der Waals surface area contributed by atoms with Crippen molar-refractivity contribution in [2.75, 3.05) is 0 Å². The van der Waals surface area contributed by atoms with E-state index in [0.717, 1.165) is 22.3 Å². The fourth-order valence-electron chi connectivity index (χ4n) is 3.57. The van der Waals surface area contributed by atoms with Crippen LogP contribution in [0.25, 0.3) is 0 Å². The Morgan fingerprint density at radius 3 is 2.21 bits per heavy atom. The lowest BCUT2D eigenvalue weighted by atomic mass is 9.94. The second-order valence-electron chi connectivity index (χ2n) is 7.30. The van der Waals surface area contributed by atoms with Gasteiger partial charge in [0, 0.05) is 6.54 Å². The van der Waals surface area contributed by atoms with E-state index in [1.807, 2.05) is 67.8 Å². The Kier molecular flexibility index (Phi) is 5.07. The predicted molar refractivity (Wildman–Crippen MR) is 114 cm³/mol. The number of thiophene rings is 1. The fraction of sp³-hybridized carbons (Fsp3) is 0.167. The minimum atomic E-state index is -0.626. The third-order valence-electron chi connectivity index (χ3n) is 5.16. The number of aryl methyl sites for hydroxylation is 2. The molecule has 0 bridgehead atoms. The monoisotopic (exact) mass is 403 g/mol. The first kappa shape index (κ1) is 19.2. The first-order chi connectivity index (χ1) is 14.0. The largest absolute Gasteiger partial charge is 0.503 e. The van der Waals surface area contributed by atoms with Crippen LogP contribution >= 0.6 is 11.3 Å². The number of rotatable bonds is 5. The highest BCUT2D eigenvalue weighted by molar-refractivity contribution is 7.12. The molecule has 2 aromatic carbocycles.